The van der Waals surface area contributed by atoms with Gasteiger partial charge in [-0.1, -0.05) is 0 Å². The van der Waals surface area contributed by atoms with Crippen LogP contribution in [0.1, 0.15) is 10.4 Å². The quantitative estimate of drug-likeness (QED) is 0.503. The number of aliphatic hydroxyl groups excluding tert-OH is 4. The van der Waals surface area contributed by atoms with Crippen LogP contribution in [0.5, 0.6) is 5.75 Å². The van der Waals surface area contributed by atoms with Crippen LogP contribution in [0.15, 0.2) is 24.3 Å². The second-order valence-corrected chi connectivity index (χ2v) is 4.83. The summed E-state index contributed by atoms with van der Waals surface area (Å²) >= 11 is 0. The fourth-order valence-corrected chi connectivity index (χ4v) is 2.07. The van der Waals surface area contributed by atoms with Crippen molar-refractivity contribution < 1.29 is 39.4 Å². The lowest BCUT2D eigenvalue weighted by molar-refractivity contribution is -0.285. The molecule has 1 aliphatic heterocycles. The minimum atomic E-state index is -1.63. The molecule has 1 fully saturated rings. The van der Waals surface area contributed by atoms with E-state index < -0.39 is 43.3 Å². The second-order valence-electron chi connectivity index (χ2n) is 4.83. The van der Waals surface area contributed by atoms with Crippen LogP contribution in [0.25, 0.3) is 0 Å². The molecule has 0 saturated carbocycles. The predicted octanol–water partition coefficient (Wildman–Crippen LogP) is -1.35. The van der Waals surface area contributed by atoms with Crippen molar-refractivity contribution in [1.82, 2.24) is 0 Å². The average Bonchev–Trinajstić information content (AvgIpc) is 2.55. The van der Waals surface area contributed by atoms with Crippen LogP contribution in [0.4, 0.5) is 0 Å². The van der Waals surface area contributed by atoms with E-state index in [-0.39, 0.29) is 5.56 Å². The molecule has 5 atom stereocenters. The first-order chi connectivity index (χ1) is 10.5. The van der Waals surface area contributed by atoms with Crippen molar-refractivity contribution in [2.24, 2.45) is 0 Å². The van der Waals surface area contributed by atoms with Crippen molar-refractivity contribution in [3.05, 3.63) is 29.8 Å². The molecular formula is C14H18O8. The fraction of sp³-hybridized carbons (Fsp3) is 0.500. The molecule has 0 bridgehead atoms. The number of benzene rings is 1. The molecule has 4 N–H and O–H groups in total. The van der Waals surface area contributed by atoms with Gasteiger partial charge in [0, 0.05) is 0 Å². The van der Waals surface area contributed by atoms with Gasteiger partial charge in [0.05, 0.1) is 19.3 Å². The number of hydrogen-bond acceptors (Lipinski definition) is 8. The fourth-order valence-electron chi connectivity index (χ4n) is 2.07. The van der Waals surface area contributed by atoms with E-state index in [1.807, 2.05) is 0 Å². The van der Waals surface area contributed by atoms with Gasteiger partial charge in [-0.25, -0.2) is 4.79 Å². The molecule has 1 aromatic rings. The number of carbonyl (C=O) groups is 1. The number of carbonyl (C=O) groups excluding carboxylic acids is 1. The van der Waals surface area contributed by atoms with Gasteiger partial charge in [0.2, 0.25) is 6.29 Å². The van der Waals surface area contributed by atoms with Crippen molar-refractivity contribution in [2.75, 3.05) is 13.7 Å². The molecule has 122 valence electrons. The summed E-state index contributed by atoms with van der Waals surface area (Å²) in [5.41, 5.74) is 0.192. The van der Waals surface area contributed by atoms with Gasteiger partial charge < -0.3 is 34.6 Å². The van der Waals surface area contributed by atoms with Gasteiger partial charge in [0.15, 0.2) is 0 Å². The highest BCUT2D eigenvalue weighted by Crippen LogP contribution is 2.23. The molecule has 8 heteroatoms. The molecule has 1 aliphatic rings. The van der Waals surface area contributed by atoms with Crippen molar-refractivity contribution in [1.29, 1.82) is 0 Å². The van der Waals surface area contributed by atoms with Gasteiger partial charge in [-0.05, 0) is 24.3 Å². The van der Waals surface area contributed by atoms with Crippen LogP contribution in [-0.2, 0) is 9.47 Å². The zero-order valence-corrected chi connectivity index (χ0v) is 11.8. The maximum Gasteiger partial charge on any atom is 0.340 e. The summed E-state index contributed by atoms with van der Waals surface area (Å²) in [6.45, 7) is -0.596. The van der Waals surface area contributed by atoms with E-state index in [9.17, 15) is 20.1 Å². The van der Waals surface area contributed by atoms with E-state index >= 15 is 0 Å². The topological polar surface area (TPSA) is 126 Å². The van der Waals surface area contributed by atoms with E-state index in [0.29, 0.717) is 5.75 Å². The SMILES string of the molecule is COc1ccc(C(=O)O[C@H]2O[C@H](CO)[C@@H](O)[C@H](O)[C@H]2O)cc1. The van der Waals surface area contributed by atoms with Gasteiger partial charge in [0.25, 0.3) is 0 Å². The highest BCUT2D eigenvalue weighted by atomic mass is 16.7. The molecule has 2 rings (SSSR count). The van der Waals surface area contributed by atoms with Gasteiger partial charge >= 0.3 is 5.97 Å². The van der Waals surface area contributed by atoms with Crippen molar-refractivity contribution in [3.8, 4) is 5.75 Å². The number of rotatable bonds is 4. The van der Waals surface area contributed by atoms with E-state index in [2.05, 4.69) is 0 Å². The Morgan fingerprint density at radius 2 is 1.77 bits per heavy atom. The molecule has 1 saturated heterocycles. The molecule has 1 aromatic carbocycles. The lowest BCUT2D eigenvalue weighted by Crippen LogP contribution is -2.59. The van der Waals surface area contributed by atoms with Crippen LogP contribution in [0.3, 0.4) is 0 Å². The van der Waals surface area contributed by atoms with Gasteiger partial charge in [-0.15, -0.1) is 0 Å². The third-order valence-electron chi connectivity index (χ3n) is 3.40. The van der Waals surface area contributed by atoms with E-state index in [4.69, 9.17) is 19.3 Å². The third-order valence-corrected chi connectivity index (χ3v) is 3.40. The van der Waals surface area contributed by atoms with Crippen molar-refractivity contribution in [3.63, 3.8) is 0 Å². The molecule has 0 spiro atoms. The van der Waals surface area contributed by atoms with Gasteiger partial charge in [-0.2, -0.15) is 0 Å². The van der Waals surface area contributed by atoms with Crippen LogP contribution < -0.4 is 4.74 Å². The molecule has 0 aromatic heterocycles. The highest BCUT2D eigenvalue weighted by molar-refractivity contribution is 5.89. The standard InChI is InChI=1S/C14H18O8/c1-20-8-4-2-7(3-5-8)13(19)22-14-12(18)11(17)10(16)9(6-15)21-14/h2-5,9-12,14-18H,6H2,1H3/t9-,10-,11+,12-,14-/m1/s1. The molecule has 8 nitrogen and oxygen atoms in total. The number of methoxy groups -OCH3 is 1. The number of ether oxygens (including phenoxy) is 3. The Morgan fingerprint density at radius 1 is 1.14 bits per heavy atom. The Hall–Kier alpha value is -1.71. The third kappa shape index (κ3) is 3.37. The van der Waals surface area contributed by atoms with E-state index in [0.717, 1.165) is 0 Å². The first-order valence-electron chi connectivity index (χ1n) is 6.63. The van der Waals surface area contributed by atoms with Crippen LogP contribution in [-0.4, -0.2) is 70.8 Å². The van der Waals surface area contributed by atoms with Crippen LogP contribution >= 0.6 is 0 Å². The minimum absolute atomic E-state index is 0.192. The zero-order chi connectivity index (χ0) is 16.3. The Balaban J connectivity index is 2.06. The Morgan fingerprint density at radius 3 is 2.32 bits per heavy atom. The Bertz CT molecular complexity index is 500. The van der Waals surface area contributed by atoms with Crippen LogP contribution in [0.2, 0.25) is 0 Å². The number of hydrogen-bond donors (Lipinski definition) is 4. The normalized spacial score (nSPS) is 31.6. The molecule has 22 heavy (non-hydrogen) atoms. The van der Waals surface area contributed by atoms with Crippen LogP contribution in [0, 0.1) is 0 Å². The van der Waals surface area contributed by atoms with E-state index in [1.165, 1.54) is 19.2 Å². The lowest BCUT2D eigenvalue weighted by atomic mass is 9.99. The maximum absolute atomic E-state index is 12.0. The molecule has 0 amide bonds. The predicted molar refractivity (Wildman–Crippen MR) is 72.2 cm³/mol. The van der Waals surface area contributed by atoms with E-state index in [1.54, 1.807) is 12.1 Å². The van der Waals surface area contributed by atoms with Gasteiger partial charge in [-0.3, -0.25) is 0 Å². The summed E-state index contributed by atoms with van der Waals surface area (Å²) < 4.78 is 15.0. The molecule has 1 heterocycles. The number of aliphatic hydroxyl groups is 4. The first-order valence-corrected chi connectivity index (χ1v) is 6.63. The van der Waals surface area contributed by atoms with Gasteiger partial charge in [0.1, 0.15) is 30.2 Å². The minimum Gasteiger partial charge on any atom is -0.497 e. The first kappa shape index (κ1) is 16.7. The lowest BCUT2D eigenvalue weighted by Gasteiger charge is -2.39. The smallest absolute Gasteiger partial charge is 0.340 e. The largest absolute Gasteiger partial charge is 0.497 e. The maximum atomic E-state index is 12.0. The monoisotopic (exact) mass is 314 g/mol. The van der Waals surface area contributed by atoms with Crippen molar-refractivity contribution in [2.45, 2.75) is 30.7 Å². The summed E-state index contributed by atoms with van der Waals surface area (Å²) in [5, 5.41) is 38.1. The summed E-state index contributed by atoms with van der Waals surface area (Å²) in [4.78, 5) is 12.0. The zero-order valence-electron chi connectivity index (χ0n) is 11.8. The highest BCUT2D eigenvalue weighted by Gasteiger charge is 2.45. The Labute approximate surface area is 126 Å². The summed E-state index contributed by atoms with van der Waals surface area (Å²) in [6.07, 6.45) is -7.35. The average molecular weight is 314 g/mol. The second kappa shape index (κ2) is 7.03. The summed E-state index contributed by atoms with van der Waals surface area (Å²) in [5.74, 6) is -0.226. The number of esters is 1. The van der Waals surface area contributed by atoms with Crippen molar-refractivity contribution >= 4 is 5.97 Å². The molecule has 0 aliphatic carbocycles. The molecular weight excluding hydrogens is 296 g/mol. The summed E-state index contributed by atoms with van der Waals surface area (Å²) in [7, 11) is 1.49. The molecule has 0 unspecified atom stereocenters. The molecule has 0 radical (unpaired) electrons. The Kier molecular flexibility index (Phi) is 5.33. The summed E-state index contributed by atoms with van der Waals surface area (Å²) in [6, 6.07) is 6.05.